The van der Waals surface area contributed by atoms with E-state index in [9.17, 15) is 4.79 Å². The summed E-state index contributed by atoms with van der Waals surface area (Å²) in [6.45, 7) is 6.79. The zero-order valence-electron chi connectivity index (χ0n) is 12.2. The lowest BCUT2D eigenvalue weighted by molar-refractivity contribution is -0.132. The Morgan fingerprint density at radius 1 is 1.45 bits per heavy atom. The number of carbonyl (C=O) groups is 1. The quantitative estimate of drug-likeness (QED) is 0.914. The van der Waals surface area contributed by atoms with Gasteiger partial charge in [-0.25, -0.2) is 0 Å². The van der Waals surface area contributed by atoms with Gasteiger partial charge in [0.2, 0.25) is 5.91 Å². The van der Waals surface area contributed by atoms with Crippen LogP contribution in [0.3, 0.4) is 0 Å². The van der Waals surface area contributed by atoms with Crippen LogP contribution in [0.1, 0.15) is 32.3 Å². The first-order chi connectivity index (χ1) is 9.61. The molecule has 2 atom stereocenters. The Morgan fingerprint density at radius 3 is 2.85 bits per heavy atom. The van der Waals surface area contributed by atoms with E-state index in [1.807, 2.05) is 17.9 Å². The molecule has 1 N–H and O–H groups in total. The van der Waals surface area contributed by atoms with Gasteiger partial charge in [0.25, 0.3) is 0 Å². The normalized spacial score (nSPS) is 22.9. The number of halogens is 1. The molecule has 1 aliphatic rings. The fraction of sp³-hybridized carbons (Fsp3) is 0.562. The molecule has 0 unspecified atom stereocenters. The van der Waals surface area contributed by atoms with E-state index in [0.717, 1.165) is 30.5 Å². The van der Waals surface area contributed by atoms with Gasteiger partial charge in [-0.3, -0.25) is 4.79 Å². The van der Waals surface area contributed by atoms with E-state index in [2.05, 4.69) is 46.4 Å². The number of piperidine rings is 1. The monoisotopic (exact) mass is 338 g/mol. The second kappa shape index (κ2) is 7.23. The Bertz CT molecular complexity index is 464. The fourth-order valence-corrected chi connectivity index (χ4v) is 3.21. The van der Waals surface area contributed by atoms with Crippen molar-refractivity contribution in [2.24, 2.45) is 5.92 Å². The Hall–Kier alpha value is -0.870. The van der Waals surface area contributed by atoms with Gasteiger partial charge in [0.05, 0.1) is 0 Å². The number of hydrogen-bond donors (Lipinski definition) is 1. The summed E-state index contributed by atoms with van der Waals surface area (Å²) in [5, 5.41) is 3.64. The minimum Gasteiger partial charge on any atom is -0.342 e. The van der Waals surface area contributed by atoms with Crippen LogP contribution in [0.4, 0.5) is 0 Å². The zero-order chi connectivity index (χ0) is 14.5. The summed E-state index contributed by atoms with van der Waals surface area (Å²) in [6, 6.07) is 8.79. The minimum absolute atomic E-state index is 0.279. The molecule has 0 saturated carbocycles. The smallest absolute Gasteiger partial charge is 0.222 e. The van der Waals surface area contributed by atoms with E-state index in [-0.39, 0.29) is 5.91 Å². The van der Waals surface area contributed by atoms with Gasteiger partial charge in [0.15, 0.2) is 0 Å². The second-order valence-electron chi connectivity index (χ2n) is 5.54. The van der Waals surface area contributed by atoms with Crippen LogP contribution in [0.5, 0.6) is 0 Å². The van der Waals surface area contributed by atoms with Crippen LogP contribution in [-0.4, -0.2) is 29.9 Å². The van der Waals surface area contributed by atoms with E-state index < -0.39 is 0 Å². The predicted octanol–water partition coefficient (Wildman–Crippen LogP) is 3.19. The van der Waals surface area contributed by atoms with Gasteiger partial charge in [-0.05, 0) is 24.0 Å². The van der Waals surface area contributed by atoms with Crippen LogP contribution in [0.2, 0.25) is 0 Å². The zero-order valence-corrected chi connectivity index (χ0v) is 13.8. The Kier molecular flexibility index (Phi) is 5.61. The molecule has 0 radical (unpaired) electrons. The Labute approximate surface area is 129 Å². The molecule has 0 aliphatic carbocycles. The number of carbonyl (C=O) groups excluding carboxylic acids is 1. The maximum Gasteiger partial charge on any atom is 0.222 e. The van der Waals surface area contributed by atoms with Crippen LogP contribution in [0, 0.1) is 5.92 Å². The third-order valence-corrected chi connectivity index (χ3v) is 4.85. The lowest BCUT2D eigenvalue weighted by Crippen LogP contribution is -2.49. The van der Waals surface area contributed by atoms with Crippen LogP contribution in [0.25, 0.3) is 0 Å². The molecule has 20 heavy (non-hydrogen) atoms. The first kappa shape index (κ1) is 15.5. The van der Waals surface area contributed by atoms with Crippen LogP contribution >= 0.6 is 15.9 Å². The molecule has 3 nitrogen and oxygen atoms in total. The second-order valence-corrected chi connectivity index (χ2v) is 6.39. The SMILES string of the molecule is CCC(=O)N1CC[C@@H](NCc2ccccc2Br)[C@H](C)C1. The highest BCUT2D eigenvalue weighted by molar-refractivity contribution is 9.10. The van der Waals surface area contributed by atoms with Crippen molar-refractivity contribution in [3.8, 4) is 0 Å². The van der Waals surface area contributed by atoms with Crippen molar-refractivity contribution >= 4 is 21.8 Å². The van der Waals surface area contributed by atoms with Crippen molar-refractivity contribution in [1.29, 1.82) is 0 Å². The maximum absolute atomic E-state index is 11.7. The molecule has 1 saturated heterocycles. The van der Waals surface area contributed by atoms with Gasteiger partial charge < -0.3 is 10.2 Å². The Morgan fingerprint density at radius 2 is 2.20 bits per heavy atom. The number of benzene rings is 1. The summed E-state index contributed by atoms with van der Waals surface area (Å²) in [6.07, 6.45) is 1.65. The highest BCUT2D eigenvalue weighted by Gasteiger charge is 2.27. The van der Waals surface area contributed by atoms with Crippen molar-refractivity contribution in [3.63, 3.8) is 0 Å². The molecule has 110 valence electrons. The van der Waals surface area contributed by atoms with Gasteiger partial charge in [-0.2, -0.15) is 0 Å². The van der Waals surface area contributed by atoms with Gasteiger partial charge in [-0.1, -0.05) is 48.0 Å². The number of rotatable bonds is 4. The highest BCUT2D eigenvalue weighted by Crippen LogP contribution is 2.20. The summed E-state index contributed by atoms with van der Waals surface area (Å²) in [5.74, 6) is 0.780. The van der Waals surface area contributed by atoms with Crippen molar-refractivity contribution in [2.75, 3.05) is 13.1 Å². The maximum atomic E-state index is 11.7. The average molecular weight is 339 g/mol. The van der Waals surface area contributed by atoms with Gasteiger partial charge in [-0.15, -0.1) is 0 Å². The molecule has 2 rings (SSSR count). The molecule has 0 spiro atoms. The highest BCUT2D eigenvalue weighted by atomic mass is 79.9. The number of nitrogens with one attached hydrogen (secondary N) is 1. The van der Waals surface area contributed by atoms with Crippen LogP contribution in [0.15, 0.2) is 28.7 Å². The number of likely N-dealkylation sites (tertiary alicyclic amines) is 1. The molecule has 0 aromatic heterocycles. The number of nitrogens with zero attached hydrogens (tertiary/aromatic N) is 1. The summed E-state index contributed by atoms with van der Waals surface area (Å²) in [7, 11) is 0. The van der Waals surface area contributed by atoms with Gasteiger partial charge in [0.1, 0.15) is 0 Å². The molecule has 1 aliphatic heterocycles. The van der Waals surface area contributed by atoms with E-state index >= 15 is 0 Å². The summed E-state index contributed by atoms with van der Waals surface area (Å²) >= 11 is 3.58. The molecule has 1 heterocycles. The Balaban J connectivity index is 1.86. The number of hydrogen-bond acceptors (Lipinski definition) is 2. The first-order valence-corrected chi connectivity index (χ1v) is 8.15. The van der Waals surface area contributed by atoms with Crippen molar-refractivity contribution in [2.45, 2.75) is 39.3 Å². The fourth-order valence-electron chi connectivity index (χ4n) is 2.78. The van der Waals surface area contributed by atoms with Crippen LogP contribution < -0.4 is 5.32 Å². The lowest BCUT2D eigenvalue weighted by atomic mass is 9.93. The predicted molar refractivity (Wildman–Crippen MR) is 85.4 cm³/mol. The summed E-state index contributed by atoms with van der Waals surface area (Å²) < 4.78 is 1.15. The van der Waals surface area contributed by atoms with Crippen molar-refractivity contribution in [1.82, 2.24) is 10.2 Å². The third-order valence-electron chi connectivity index (χ3n) is 4.07. The van der Waals surface area contributed by atoms with Gasteiger partial charge in [0, 0.05) is 36.6 Å². The third kappa shape index (κ3) is 3.83. The molecule has 1 aromatic carbocycles. The van der Waals surface area contributed by atoms with E-state index in [0.29, 0.717) is 18.4 Å². The largest absolute Gasteiger partial charge is 0.342 e. The molecule has 4 heteroatoms. The topological polar surface area (TPSA) is 32.3 Å². The molecule has 0 bridgehead atoms. The van der Waals surface area contributed by atoms with Gasteiger partial charge >= 0.3 is 0 Å². The van der Waals surface area contributed by atoms with E-state index in [1.165, 1.54) is 5.56 Å². The summed E-state index contributed by atoms with van der Waals surface area (Å²) in [5.41, 5.74) is 1.28. The summed E-state index contributed by atoms with van der Waals surface area (Å²) in [4.78, 5) is 13.7. The van der Waals surface area contributed by atoms with E-state index in [1.54, 1.807) is 0 Å². The van der Waals surface area contributed by atoms with E-state index in [4.69, 9.17) is 0 Å². The number of amides is 1. The average Bonchev–Trinajstić information content (AvgIpc) is 2.46. The van der Waals surface area contributed by atoms with Crippen molar-refractivity contribution < 1.29 is 4.79 Å². The molecular weight excluding hydrogens is 316 g/mol. The lowest BCUT2D eigenvalue weighted by Gasteiger charge is -2.37. The van der Waals surface area contributed by atoms with Crippen molar-refractivity contribution in [3.05, 3.63) is 34.3 Å². The standard InChI is InChI=1S/C16H23BrN2O/c1-3-16(20)19-9-8-15(12(2)11-19)18-10-13-6-4-5-7-14(13)17/h4-7,12,15,18H,3,8-11H2,1-2H3/t12-,15-/m1/s1. The minimum atomic E-state index is 0.279. The molecule has 1 amide bonds. The molecule has 1 fully saturated rings. The molecule has 1 aromatic rings. The molecular formula is C16H23BrN2O. The first-order valence-electron chi connectivity index (χ1n) is 7.36. The van der Waals surface area contributed by atoms with Crippen LogP contribution in [-0.2, 0) is 11.3 Å².